The molecule has 0 saturated heterocycles. The van der Waals surface area contributed by atoms with Gasteiger partial charge in [0.25, 0.3) is 0 Å². The minimum absolute atomic E-state index is 0.0276. The topological polar surface area (TPSA) is 44.9 Å². The molecule has 0 aliphatic carbocycles. The Morgan fingerprint density at radius 1 is 1.38 bits per heavy atom. The molecule has 2 rings (SSSR count). The van der Waals surface area contributed by atoms with Crippen LogP contribution in [0.3, 0.4) is 0 Å². The zero-order valence-electron chi connectivity index (χ0n) is 8.79. The first-order chi connectivity index (χ1) is 7.81. The summed E-state index contributed by atoms with van der Waals surface area (Å²) in [5.74, 6) is 0.0276. The van der Waals surface area contributed by atoms with Gasteiger partial charge in [0, 0.05) is 23.6 Å². The third kappa shape index (κ3) is 2.44. The Bertz CT molecular complexity index is 492. The largest absolute Gasteiger partial charge is 0.361 e. The lowest BCUT2D eigenvalue weighted by Crippen LogP contribution is -2.26. The average molecular weight is 281 g/mol. The Kier molecular flexibility index (Phi) is 3.62. The molecule has 1 heterocycles. The summed E-state index contributed by atoms with van der Waals surface area (Å²) >= 11 is 3.12. The predicted octanol–water partition coefficient (Wildman–Crippen LogP) is 2.22. The van der Waals surface area contributed by atoms with Gasteiger partial charge in [-0.3, -0.25) is 4.79 Å². The van der Waals surface area contributed by atoms with Crippen molar-refractivity contribution < 1.29 is 4.79 Å². The number of amides is 1. The zero-order chi connectivity index (χ0) is 11.4. The Balaban J connectivity index is 2.02. The number of alkyl halides is 1. The van der Waals surface area contributed by atoms with Crippen LogP contribution >= 0.6 is 15.9 Å². The Morgan fingerprint density at radius 3 is 3.00 bits per heavy atom. The molecule has 3 nitrogen and oxygen atoms in total. The molecular formula is C12H13BrN2O. The number of fused-ring (bicyclic) bond motifs is 1. The third-order valence-electron chi connectivity index (χ3n) is 2.51. The van der Waals surface area contributed by atoms with Gasteiger partial charge in [0.1, 0.15) is 0 Å². The molecule has 0 aliphatic rings. The van der Waals surface area contributed by atoms with E-state index in [1.807, 2.05) is 18.3 Å². The van der Waals surface area contributed by atoms with Crippen molar-refractivity contribution >= 4 is 32.7 Å². The van der Waals surface area contributed by atoms with E-state index in [2.05, 4.69) is 38.4 Å². The summed E-state index contributed by atoms with van der Waals surface area (Å²) in [5, 5.41) is 4.43. The molecule has 1 aromatic carbocycles. The maximum absolute atomic E-state index is 11.0. The molecule has 0 spiro atoms. The number of benzene rings is 1. The second-order valence-corrected chi connectivity index (χ2v) is 4.15. The normalized spacial score (nSPS) is 10.6. The van der Waals surface area contributed by atoms with Crippen LogP contribution in [0.25, 0.3) is 10.9 Å². The van der Waals surface area contributed by atoms with Crippen molar-refractivity contribution in [3.63, 3.8) is 0 Å². The molecule has 0 bridgehead atoms. The molecule has 1 amide bonds. The molecule has 2 N–H and O–H groups in total. The molecule has 16 heavy (non-hydrogen) atoms. The van der Waals surface area contributed by atoms with Crippen LogP contribution < -0.4 is 5.32 Å². The number of aromatic nitrogens is 1. The van der Waals surface area contributed by atoms with Crippen molar-refractivity contribution in [2.75, 3.05) is 11.9 Å². The van der Waals surface area contributed by atoms with Gasteiger partial charge in [-0.25, -0.2) is 0 Å². The fraction of sp³-hybridized carbons (Fsp3) is 0.250. The van der Waals surface area contributed by atoms with E-state index in [4.69, 9.17) is 0 Å². The minimum Gasteiger partial charge on any atom is -0.361 e. The molecule has 4 heteroatoms. The first-order valence-corrected chi connectivity index (χ1v) is 6.31. The highest BCUT2D eigenvalue weighted by Gasteiger charge is 2.03. The van der Waals surface area contributed by atoms with E-state index in [-0.39, 0.29) is 5.91 Å². The highest BCUT2D eigenvalue weighted by molar-refractivity contribution is 9.09. The van der Waals surface area contributed by atoms with Gasteiger partial charge < -0.3 is 10.3 Å². The van der Waals surface area contributed by atoms with Gasteiger partial charge in [-0.05, 0) is 18.1 Å². The van der Waals surface area contributed by atoms with E-state index in [1.165, 1.54) is 10.9 Å². The van der Waals surface area contributed by atoms with Crippen LogP contribution in [0.1, 0.15) is 5.56 Å². The minimum atomic E-state index is 0.0276. The third-order valence-corrected chi connectivity index (χ3v) is 3.02. The number of H-pyrrole nitrogens is 1. The van der Waals surface area contributed by atoms with Crippen molar-refractivity contribution in [2.24, 2.45) is 0 Å². The molecule has 0 atom stereocenters. The average Bonchev–Trinajstić information content (AvgIpc) is 2.73. The van der Waals surface area contributed by atoms with E-state index in [0.717, 1.165) is 11.9 Å². The number of carbonyl (C=O) groups is 1. The van der Waals surface area contributed by atoms with Gasteiger partial charge >= 0.3 is 0 Å². The van der Waals surface area contributed by atoms with Crippen LogP contribution in [-0.2, 0) is 11.2 Å². The SMILES string of the molecule is O=C(CBr)NCCc1c[nH]c2ccccc12. The van der Waals surface area contributed by atoms with E-state index in [0.29, 0.717) is 11.9 Å². The lowest BCUT2D eigenvalue weighted by Gasteiger charge is -2.01. The molecular weight excluding hydrogens is 268 g/mol. The van der Waals surface area contributed by atoms with Crippen molar-refractivity contribution in [3.05, 3.63) is 36.0 Å². The van der Waals surface area contributed by atoms with Crippen molar-refractivity contribution in [2.45, 2.75) is 6.42 Å². The maximum Gasteiger partial charge on any atom is 0.230 e. The highest BCUT2D eigenvalue weighted by Crippen LogP contribution is 2.17. The summed E-state index contributed by atoms with van der Waals surface area (Å²) in [7, 11) is 0. The number of nitrogens with one attached hydrogen (secondary N) is 2. The quantitative estimate of drug-likeness (QED) is 0.829. The monoisotopic (exact) mass is 280 g/mol. The van der Waals surface area contributed by atoms with Gasteiger partial charge in [0.15, 0.2) is 0 Å². The molecule has 2 aromatic rings. The fourth-order valence-corrected chi connectivity index (χ4v) is 1.92. The van der Waals surface area contributed by atoms with Crippen LogP contribution in [0.5, 0.6) is 0 Å². The van der Waals surface area contributed by atoms with Gasteiger partial charge in [0.05, 0.1) is 5.33 Å². The molecule has 1 aromatic heterocycles. The summed E-state index contributed by atoms with van der Waals surface area (Å²) in [6.07, 6.45) is 2.85. The van der Waals surface area contributed by atoms with Crippen LogP contribution in [0, 0.1) is 0 Å². The van der Waals surface area contributed by atoms with E-state index >= 15 is 0 Å². The number of hydrogen-bond acceptors (Lipinski definition) is 1. The number of hydrogen-bond donors (Lipinski definition) is 2. The van der Waals surface area contributed by atoms with Crippen molar-refractivity contribution in [1.29, 1.82) is 0 Å². The van der Waals surface area contributed by atoms with Gasteiger partial charge in [0.2, 0.25) is 5.91 Å². The Labute approximate surface area is 102 Å². The summed E-state index contributed by atoms with van der Waals surface area (Å²) < 4.78 is 0. The Hall–Kier alpha value is -1.29. The second-order valence-electron chi connectivity index (χ2n) is 3.59. The first-order valence-electron chi connectivity index (χ1n) is 5.19. The summed E-state index contributed by atoms with van der Waals surface area (Å²) in [6, 6.07) is 8.18. The van der Waals surface area contributed by atoms with Gasteiger partial charge in [-0.15, -0.1) is 0 Å². The van der Waals surface area contributed by atoms with E-state index < -0.39 is 0 Å². The van der Waals surface area contributed by atoms with Crippen LogP contribution in [0.4, 0.5) is 0 Å². The molecule has 0 saturated carbocycles. The number of aromatic amines is 1. The molecule has 0 fully saturated rings. The molecule has 0 radical (unpaired) electrons. The van der Waals surface area contributed by atoms with Crippen LogP contribution in [-0.4, -0.2) is 22.8 Å². The zero-order valence-corrected chi connectivity index (χ0v) is 10.4. The highest BCUT2D eigenvalue weighted by atomic mass is 79.9. The predicted molar refractivity (Wildman–Crippen MR) is 68.8 cm³/mol. The van der Waals surface area contributed by atoms with Crippen LogP contribution in [0.2, 0.25) is 0 Å². The lowest BCUT2D eigenvalue weighted by molar-refractivity contribution is -0.118. The van der Waals surface area contributed by atoms with Gasteiger partial charge in [-0.2, -0.15) is 0 Å². The Morgan fingerprint density at radius 2 is 2.19 bits per heavy atom. The summed E-state index contributed by atoms with van der Waals surface area (Å²) in [5.41, 5.74) is 2.38. The number of rotatable bonds is 4. The smallest absolute Gasteiger partial charge is 0.230 e. The van der Waals surface area contributed by atoms with Gasteiger partial charge in [-0.1, -0.05) is 34.1 Å². The maximum atomic E-state index is 11.0. The number of para-hydroxylation sites is 1. The first kappa shape index (κ1) is 11.2. The summed E-state index contributed by atoms with van der Waals surface area (Å²) in [6.45, 7) is 0.673. The molecule has 0 aliphatic heterocycles. The fourth-order valence-electron chi connectivity index (χ4n) is 1.72. The second kappa shape index (κ2) is 5.16. The number of carbonyl (C=O) groups excluding carboxylic acids is 1. The molecule has 0 unspecified atom stereocenters. The molecule has 84 valence electrons. The van der Waals surface area contributed by atoms with Crippen molar-refractivity contribution in [3.8, 4) is 0 Å². The van der Waals surface area contributed by atoms with E-state index in [9.17, 15) is 4.79 Å². The number of halogens is 1. The standard InChI is InChI=1S/C12H13BrN2O/c13-7-12(16)14-6-5-9-8-15-11-4-2-1-3-10(9)11/h1-4,8,15H,5-7H2,(H,14,16). The lowest BCUT2D eigenvalue weighted by atomic mass is 10.1. The summed E-state index contributed by atoms with van der Waals surface area (Å²) in [4.78, 5) is 14.3. The van der Waals surface area contributed by atoms with Crippen LogP contribution in [0.15, 0.2) is 30.5 Å². The van der Waals surface area contributed by atoms with E-state index in [1.54, 1.807) is 0 Å². The van der Waals surface area contributed by atoms with Crippen molar-refractivity contribution in [1.82, 2.24) is 10.3 Å².